The number of rotatable bonds is 8. The SMILES string of the molecule is C=CCN(c1nc(C)nc(Nc2ccc(OC)cc2OC)n1)C1CCCC1. The molecule has 0 unspecified atom stereocenters. The van der Waals surface area contributed by atoms with Crippen LogP contribution in [0.2, 0.25) is 0 Å². The first kappa shape index (κ1) is 18.9. The van der Waals surface area contributed by atoms with Gasteiger partial charge in [-0.2, -0.15) is 15.0 Å². The first-order valence-corrected chi connectivity index (χ1v) is 9.24. The van der Waals surface area contributed by atoms with Crippen molar-refractivity contribution in [1.29, 1.82) is 0 Å². The summed E-state index contributed by atoms with van der Waals surface area (Å²) in [6.45, 7) is 6.49. The van der Waals surface area contributed by atoms with E-state index in [1.54, 1.807) is 14.2 Å². The average molecular weight is 369 g/mol. The molecule has 1 aliphatic carbocycles. The number of hydrogen-bond acceptors (Lipinski definition) is 7. The van der Waals surface area contributed by atoms with Crippen LogP contribution in [0.5, 0.6) is 11.5 Å². The topological polar surface area (TPSA) is 72.4 Å². The minimum absolute atomic E-state index is 0.452. The standard InChI is InChI=1S/C20H27N5O2/c1-5-12-25(15-8-6-7-9-15)20-22-14(2)21-19(24-20)23-17-11-10-16(26-3)13-18(17)27-4/h5,10-11,13,15H,1,6-9,12H2,2-4H3,(H,21,22,23,24). The van der Waals surface area contributed by atoms with Gasteiger partial charge in [-0.1, -0.05) is 18.9 Å². The van der Waals surface area contributed by atoms with Crippen LogP contribution in [-0.4, -0.2) is 41.8 Å². The molecule has 0 spiro atoms. The smallest absolute Gasteiger partial charge is 0.232 e. The van der Waals surface area contributed by atoms with Crippen LogP contribution in [-0.2, 0) is 0 Å². The lowest BCUT2D eigenvalue weighted by molar-refractivity contribution is 0.395. The van der Waals surface area contributed by atoms with E-state index in [0.29, 0.717) is 29.5 Å². The fraction of sp³-hybridized carbons (Fsp3) is 0.450. The highest BCUT2D eigenvalue weighted by molar-refractivity contribution is 5.64. The van der Waals surface area contributed by atoms with E-state index >= 15 is 0 Å². The quantitative estimate of drug-likeness (QED) is 0.708. The first-order chi connectivity index (χ1) is 13.1. The lowest BCUT2D eigenvalue weighted by atomic mass is 10.2. The molecule has 27 heavy (non-hydrogen) atoms. The molecule has 0 saturated heterocycles. The zero-order valence-electron chi connectivity index (χ0n) is 16.2. The summed E-state index contributed by atoms with van der Waals surface area (Å²) in [5.41, 5.74) is 0.769. The van der Waals surface area contributed by atoms with Gasteiger partial charge in [0, 0.05) is 18.7 Å². The van der Waals surface area contributed by atoms with E-state index in [0.717, 1.165) is 30.8 Å². The molecule has 7 nitrogen and oxygen atoms in total. The molecule has 2 aromatic rings. The van der Waals surface area contributed by atoms with E-state index in [1.165, 1.54) is 12.8 Å². The molecular weight excluding hydrogens is 342 g/mol. The van der Waals surface area contributed by atoms with Crippen LogP contribution in [0.15, 0.2) is 30.9 Å². The number of aryl methyl sites for hydroxylation is 1. The summed E-state index contributed by atoms with van der Waals surface area (Å²) in [5.74, 6) is 3.23. The van der Waals surface area contributed by atoms with Crippen LogP contribution in [0.3, 0.4) is 0 Å². The third-order valence-electron chi connectivity index (χ3n) is 4.74. The minimum atomic E-state index is 0.452. The number of anilines is 3. The molecule has 0 atom stereocenters. The molecule has 1 heterocycles. The average Bonchev–Trinajstić information content (AvgIpc) is 3.20. The maximum atomic E-state index is 5.45. The summed E-state index contributed by atoms with van der Waals surface area (Å²) in [7, 11) is 3.25. The molecule has 0 radical (unpaired) electrons. The molecule has 0 bridgehead atoms. The largest absolute Gasteiger partial charge is 0.497 e. The zero-order valence-corrected chi connectivity index (χ0v) is 16.2. The number of methoxy groups -OCH3 is 2. The summed E-state index contributed by atoms with van der Waals surface area (Å²) in [6.07, 6.45) is 6.71. The number of benzene rings is 1. The van der Waals surface area contributed by atoms with Crippen molar-refractivity contribution >= 4 is 17.6 Å². The summed E-state index contributed by atoms with van der Waals surface area (Å²) >= 11 is 0. The van der Waals surface area contributed by atoms with E-state index in [4.69, 9.17) is 9.47 Å². The van der Waals surface area contributed by atoms with Crippen LogP contribution in [0.1, 0.15) is 31.5 Å². The summed E-state index contributed by atoms with van der Waals surface area (Å²) in [5, 5.41) is 3.25. The monoisotopic (exact) mass is 369 g/mol. The Morgan fingerprint density at radius 2 is 1.96 bits per heavy atom. The summed E-state index contributed by atoms with van der Waals surface area (Å²) in [4.78, 5) is 15.9. The van der Waals surface area contributed by atoms with Crippen LogP contribution in [0.4, 0.5) is 17.6 Å². The van der Waals surface area contributed by atoms with Crippen molar-refractivity contribution in [2.45, 2.75) is 38.6 Å². The second-order valence-electron chi connectivity index (χ2n) is 6.58. The molecule has 1 saturated carbocycles. The van der Waals surface area contributed by atoms with Crippen molar-refractivity contribution in [2.24, 2.45) is 0 Å². The normalized spacial score (nSPS) is 14.0. The molecule has 3 rings (SSSR count). The van der Waals surface area contributed by atoms with Crippen LogP contribution < -0.4 is 19.7 Å². The number of hydrogen-bond donors (Lipinski definition) is 1. The maximum absolute atomic E-state index is 5.45. The van der Waals surface area contributed by atoms with Crippen molar-refractivity contribution in [3.8, 4) is 11.5 Å². The van der Waals surface area contributed by atoms with Gasteiger partial charge in [-0.05, 0) is 31.9 Å². The van der Waals surface area contributed by atoms with E-state index in [1.807, 2.05) is 31.2 Å². The Morgan fingerprint density at radius 3 is 2.63 bits per heavy atom. The number of aromatic nitrogens is 3. The Bertz CT molecular complexity index is 790. The zero-order chi connectivity index (χ0) is 19.2. The van der Waals surface area contributed by atoms with Gasteiger partial charge in [0.15, 0.2) is 0 Å². The molecule has 0 aliphatic heterocycles. The molecule has 0 amide bonds. The highest BCUT2D eigenvalue weighted by atomic mass is 16.5. The van der Waals surface area contributed by atoms with E-state index < -0.39 is 0 Å². The van der Waals surface area contributed by atoms with Gasteiger partial charge in [-0.3, -0.25) is 0 Å². The number of nitrogens with one attached hydrogen (secondary N) is 1. The maximum Gasteiger partial charge on any atom is 0.232 e. The van der Waals surface area contributed by atoms with Crippen LogP contribution in [0, 0.1) is 6.92 Å². The van der Waals surface area contributed by atoms with Gasteiger partial charge in [0.05, 0.1) is 19.9 Å². The van der Waals surface area contributed by atoms with Crippen molar-refractivity contribution in [3.63, 3.8) is 0 Å². The van der Waals surface area contributed by atoms with Gasteiger partial charge in [-0.15, -0.1) is 6.58 Å². The van der Waals surface area contributed by atoms with E-state index in [9.17, 15) is 0 Å². The van der Waals surface area contributed by atoms with Gasteiger partial charge < -0.3 is 19.7 Å². The molecular formula is C20H27N5O2. The van der Waals surface area contributed by atoms with Crippen molar-refractivity contribution in [1.82, 2.24) is 15.0 Å². The highest BCUT2D eigenvalue weighted by Crippen LogP contribution is 2.31. The van der Waals surface area contributed by atoms with Gasteiger partial charge in [0.2, 0.25) is 11.9 Å². The van der Waals surface area contributed by atoms with Crippen molar-refractivity contribution < 1.29 is 9.47 Å². The minimum Gasteiger partial charge on any atom is -0.497 e. The molecule has 1 N–H and O–H groups in total. The molecule has 144 valence electrons. The molecule has 1 aromatic carbocycles. The van der Waals surface area contributed by atoms with Crippen molar-refractivity contribution in [3.05, 3.63) is 36.7 Å². The lowest BCUT2D eigenvalue weighted by Gasteiger charge is -2.28. The number of ether oxygens (including phenoxy) is 2. The molecule has 7 heteroatoms. The van der Waals surface area contributed by atoms with Gasteiger partial charge in [0.25, 0.3) is 0 Å². The molecule has 1 aliphatic rings. The fourth-order valence-corrected chi connectivity index (χ4v) is 3.42. The molecule has 1 fully saturated rings. The van der Waals surface area contributed by atoms with Gasteiger partial charge in [-0.25, -0.2) is 0 Å². The predicted molar refractivity (Wildman–Crippen MR) is 107 cm³/mol. The summed E-state index contributed by atoms with van der Waals surface area (Å²) in [6, 6.07) is 6.02. The van der Waals surface area contributed by atoms with Crippen LogP contribution in [0.25, 0.3) is 0 Å². The summed E-state index contributed by atoms with van der Waals surface area (Å²) < 4.78 is 10.7. The second-order valence-corrected chi connectivity index (χ2v) is 6.58. The Balaban J connectivity index is 1.89. The second kappa shape index (κ2) is 8.70. The third kappa shape index (κ3) is 4.48. The van der Waals surface area contributed by atoms with Gasteiger partial charge >= 0.3 is 0 Å². The highest BCUT2D eigenvalue weighted by Gasteiger charge is 2.24. The Kier molecular flexibility index (Phi) is 6.11. The first-order valence-electron chi connectivity index (χ1n) is 9.24. The lowest BCUT2D eigenvalue weighted by Crippen LogP contribution is -2.35. The Morgan fingerprint density at radius 1 is 1.19 bits per heavy atom. The van der Waals surface area contributed by atoms with Crippen molar-refractivity contribution in [2.75, 3.05) is 31.0 Å². The number of nitrogens with zero attached hydrogens (tertiary/aromatic N) is 4. The fourth-order valence-electron chi connectivity index (χ4n) is 3.42. The Labute approximate surface area is 160 Å². The predicted octanol–water partition coefficient (Wildman–Crippen LogP) is 3.88. The van der Waals surface area contributed by atoms with E-state index in [2.05, 4.69) is 31.7 Å². The van der Waals surface area contributed by atoms with Gasteiger partial charge in [0.1, 0.15) is 17.3 Å². The Hall–Kier alpha value is -2.83. The van der Waals surface area contributed by atoms with Crippen LogP contribution >= 0.6 is 0 Å². The van der Waals surface area contributed by atoms with E-state index in [-0.39, 0.29) is 0 Å². The third-order valence-corrected chi connectivity index (χ3v) is 4.74. The molecule has 1 aromatic heterocycles.